The van der Waals surface area contributed by atoms with Gasteiger partial charge in [0.1, 0.15) is 0 Å². The second kappa shape index (κ2) is 7.77. The number of rotatable bonds is 4. The Bertz CT molecular complexity index is 611. The molecule has 0 spiro atoms. The van der Waals surface area contributed by atoms with E-state index >= 15 is 0 Å². The molecule has 1 aromatic carbocycles. The Morgan fingerprint density at radius 2 is 1.91 bits per heavy atom. The van der Waals surface area contributed by atoms with Crippen molar-refractivity contribution in [3.8, 4) is 6.07 Å². The lowest BCUT2D eigenvalue weighted by Crippen LogP contribution is -2.49. The molecule has 1 fully saturated rings. The van der Waals surface area contributed by atoms with E-state index < -0.39 is 5.97 Å². The average molecular weight is 314 g/mol. The van der Waals surface area contributed by atoms with Gasteiger partial charge in [0.25, 0.3) is 5.91 Å². The summed E-state index contributed by atoms with van der Waals surface area (Å²) in [6, 6.07) is 9.20. The number of nitrogens with zero attached hydrogens (tertiary/aromatic N) is 2. The van der Waals surface area contributed by atoms with Gasteiger partial charge in [0, 0.05) is 12.1 Å². The molecule has 1 amide bonds. The van der Waals surface area contributed by atoms with Crippen molar-refractivity contribution >= 4 is 11.9 Å². The van der Waals surface area contributed by atoms with Gasteiger partial charge >= 0.3 is 5.97 Å². The van der Waals surface area contributed by atoms with E-state index in [1.807, 2.05) is 24.8 Å². The number of benzene rings is 1. The number of hydrogen-bond acceptors (Lipinski definition) is 4. The predicted octanol–water partition coefficient (Wildman–Crippen LogP) is 2.70. The number of nitriles is 1. The van der Waals surface area contributed by atoms with E-state index in [1.54, 1.807) is 24.3 Å². The van der Waals surface area contributed by atoms with Crippen LogP contribution >= 0.6 is 0 Å². The maximum atomic E-state index is 12.4. The maximum absolute atomic E-state index is 12.4. The van der Waals surface area contributed by atoms with Gasteiger partial charge in [0.05, 0.1) is 18.1 Å². The standard InChI is InChI=1S/C18H22N2O3/c1-13-6-5-7-14(2)20(13)17(21)12-23-18(22)16-9-4-3-8-15(16)10-11-19/h3-4,8-9,13-14H,5-7,10,12H2,1-2H3/t13-,14-/m0/s1. The smallest absolute Gasteiger partial charge is 0.338 e. The van der Waals surface area contributed by atoms with Gasteiger partial charge in [-0.05, 0) is 44.7 Å². The third-order valence-corrected chi connectivity index (χ3v) is 4.32. The highest BCUT2D eigenvalue weighted by Crippen LogP contribution is 2.22. The minimum absolute atomic E-state index is 0.138. The normalized spacial score (nSPS) is 20.7. The first-order valence-corrected chi connectivity index (χ1v) is 7.97. The molecule has 5 nitrogen and oxygen atoms in total. The Balaban J connectivity index is 1.99. The zero-order valence-electron chi connectivity index (χ0n) is 13.6. The summed E-state index contributed by atoms with van der Waals surface area (Å²) in [5.74, 6) is -0.711. The number of hydrogen-bond donors (Lipinski definition) is 0. The van der Waals surface area contributed by atoms with Gasteiger partial charge < -0.3 is 9.64 Å². The first-order valence-electron chi connectivity index (χ1n) is 7.97. The van der Waals surface area contributed by atoms with E-state index in [1.165, 1.54) is 0 Å². The monoisotopic (exact) mass is 314 g/mol. The third kappa shape index (κ3) is 4.10. The molecule has 2 atom stereocenters. The molecule has 0 aromatic heterocycles. The number of piperidine rings is 1. The number of carbonyl (C=O) groups excluding carboxylic acids is 2. The highest BCUT2D eigenvalue weighted by Gasteiger charge is 2.29. The van der Waals surface area contributed by atoms with Crippen LogP contribution in [-0.4, -0.2) is 35.5 Å². The second-order valence-corrected chi connectivity index (χ2v) is 6.00. The summed E-state index contributed by atoms with van der Waals surface area (Å²) in [4.78, 5) is 26.4. The molecule has 1 heterocycles. The van der Waals surface area contributed by atoms with Crippen LogP contribution in [0.5, 0.6) is 0 Å². The highest BCUT2D eigenvalue weighted by molar-refractivity contribution is 5.92. The van der Waals surface area contributed by atoms with Crippen LogP contribution in [-0.2, 0) is 16.0 Å². The van der Waals surface area contributed by atoms with Gasteiger partial charge in [-0.2, -0.15) is 5.26 Å². The Hall–Kier alpha value is -2.35. The molecule has 0 unspecified atom stereocenters. The second-order valence-electron chi connectivity index (χ2n) is 6.00. The quantitative estimate of drug-likeness (QED) is 0.801. The number of ether oxygens (including phenoxy) is 1. The van der Waals surface area contributed by atoms with E-state index in [0.29, 0.717) is 11.1 Å². The van der Waals surface area contributed by atoms with E-state index in [4.69, 9.17) is 10.00 Å². The lowest BCUT2D eigenvalue weighted by molar-refractivity contribution is -0.140. The van der Waals surface area contributed by atoms with Gasteiger partial charge in [-0.15, -0.1) is 0 Å². The number of carbonyl (C=O) groups is 2. The molecule has 0 aliphatic carbocycles. The minimum atomic E-state index is -0.554. The maximum Gasteiger partial charge on any atom is 0.338 e. The van der Waals surface area contributed by atoms with Gasteiger partial charge in [-0.1, -0.05) is 18.2 Å². The molecule has 0 radical (unpaired) electrons. The molecule has 1 aliphatic rings. The fraction of sp³-hybridized carbons (Fsp3) is 0.500. The molecule has 1 aliphatic heterocycles. The SMILES string of the molecule is C[C@H]1CCC[C@H](C)N1C(=O)COC(=O)c1ccccc1CC#N. The zero-order chi connectivity index (χ0) is 16.8. The fourth-order valence-electron chi connectivity index (χ4n) is 3.15. The summed E-state index contributed by atoms with van der Waals surface area (Å²) < 4.78 is 5.19. The highest BCUT2D eigenvalue weighted by atomic mass is 16.5. The molecule has 2 rings (SSSR count). The lowest BCUT2D eigenvalue weighted by Gasteiger charge is -2.38. The van der Waals surface area contributed by atoms with Crippen molar-refractivity contribution in [2.45, 2.75) is 51.6 Å². The Kier molecular flexibility index (Phi) is 5.75. The van der Waals surface area contributed by atoms with Crippen molar-refractivity contribution in [1.29, 1.82) is 5.26 Å². The van der Waals surface area contributed by atoms with Gasteiger partial charge in [-0.3, -0.25) is 4.79 Å². The fourth-order valence-corrected chi connectivity index (χ4v) is 3.15. The molecular formula is C18H22N2O3. The molecule has 0 saturated carbocycles. The van der Waals surface area contributed by atoms with Gasteiger partial charge in [0.15, 0.2) is 6.61 Å². The molecule has 1 aromatic rings. The summed E-state index contributed by atoms with van der Waals surface area (Å²) in [7, 11) is 0. The summed E-state index contributed by atoms with van der Waals surface area (Å²) >= 11 is 0. The lowest BCUT2D eigenvalue weighted by atomic mass is 9.97. The predicted molar refractivity (Wildman–Crippen MR) is 85.7 cm³/mol. The summed E-state index contributed by atoms with van der Waals surface area (Å²) in [6.07, 6.45) is 3.22. The molecular weight excluding hydrogens is 292 g/mol. The largest absolute Gasteiger partial charge is 0.452 e. The Morgan fingerprint density at radius 1 is 1.26 bits per heavy atom. The van der Waals surface area contributed by atoms with Crippen molar-refractivity contribution in [3.63, 3.8) is 0 Å². The van der Waals surface area contributed by atoms with E-state index in [2.05, 4.69) is 0 Å². The first kappa shape index (κ1) is 17.0. The van der Waals surface area contributed by atoms with Crippen LogP contribution in [0, 0.1) is 11.3 Å². The molecule has 0 N–H and O–H groups in total. The van der Waals surface area contributed by atoms with Crippen LogP contribution in [0.4, 0.5) is 0 Å². The zero-order valence-corrected chi connectivity index (χ0v) is 13.6. The molecule has 5 heteroatoms. The number of likely N-dealkylation sites (tertiary alicyclic amines) is 1. The van der Waals surface area contributed by atoms with Crippen LogP contribution in [0.25, 0.3) is 0 Å². The topological polar surface area (TPSA) is 70.4 Å². The van der Waals surface area contributed by atoms with Crippen LogP contribution in [0.1, 0.15) is 49.0 Å². The van der Waals surface area contributed by atoms with Gasteiger partial charge in [0.2, 0.25) is 0 Å². The summed E-state index contributed by atoms with van der Waals surface area (Å²) in [5.41, 5.74) is 0.966. The van der Waals surface area contributed by atoms with Crippen LogP contribution in [0.3, 0.4) is 0 Å². The molecule has 0 bridgehead atoms. The van der Waals surface area contributed by atoms with Crippen molar-refractivity contribution in [3.05, 3.63) is 35.4 Å². The molecule has 122 valence electrons. The Labute approximate surface area is 136 Å². The van der Waals surface area contributed by atoms with Gasteiger partial charge in [-0.25, -0.2) is 4.79 Å². The van der Waals surface area contributed by atoms with E-state index in [0.717, 1.165) is 19.3 Å². The van der Waals surface area contributed by atoms with Crippen molar-refractivity contribution in [2.24, 2.45) is 0 Å². The number of esters is 1. The van der Waals surface area contributed by atoms with Crippen molar-refractivity contribution in [2.75, 3.05) is 6.61 Å². The minimum Gasteiger partial charge on any atom is -0.452 e. The van der Waals surface area contributed by atoms with E-state index in [-0.39, 0.29) is 31.0 Å². The van der Waals surface area contributed by atoms with E-state index in [9.17, 15) is 9.59 Å². The molecule has 1 saturated heterocycles. The first-order chi connectivity index (χ1) is 11.0. The van der Waals surface area contributed by atoms with Crippen molar-refractivity contribution < 1.29 is 14.3 Å². The average Bonchev–Trinajstić information content (AvgIpc) is 2.53. The Morgan fingerprint density at radius 3 is 2.57 bits per heavy atom. The third-order valence-electron chi connectivity index (χ3n) is 4.32. The number of amides is 1. The molecule has 23 heavy (non-hydrogen) atoms. The summed E-state index contributed by atoms with van der Waals surface area (Å²) in [6.45, 7) is 3.80. The van der Waals surface area contributed by atoms with Crippen LogP contribution < -0.4 is 0 Å². The van der Waals surface area contributed by atoms with Crippen molar-refractivity contribution in [1.82, 2.24) is 4.90 Å². The van der Waals surface area contributed by atoms with Crippen LogP contribution in [0.15, 0.2) is 24.3 Å². The van der Waals surface area contributed by atoms with Crippen LogP contribution in [0.2, 0.25) is 0 Å². The summed E-state index contributed by atoms with van der Waals surface area (Å²) in [5, 5.41) is 8.81.